The van der Waals surface area contributed by atoms with E-state index in [4.69, 9.17) is 0 Å². The summed E-state index contributed by atoms with van der Waals surface area (Å²) in [6.07, 6.45) is 4.41. The van der Waals surface area contributed by atoms with E-state index in [2.05, 4.69) is 5.32 Å². The first-order chi connectivity index (χ1) is 10.4. The van der Waals surface area contributed by atoms with Crippen molar-refractivity contribution >= 4 is 17.8 Å². The first-order valence-electron chi connectivity index (χ1n) is 7.92. The standard InChI is InChI=1S/C15H26N4O3/c1-16-9-10-17(2)12(20)11-19-13(21)15(18(3)14(19)22)7-5-4-6-8-15/h16H,4-11H2,1-3H3. The summed E-state index contributed by atoms with van der Waals surface area (Å²) in [4.78, 5) is 41.6. The Hall–Kier alpha value is -1.63. The van der Waals surface area contributed by atoms with Gasteiger partial charge in [0.25, 0.3) is 5.91 Å². The third-order valence-electron chi connectivity index (χ3n) is 4.90. The van der Waals surface area contributed by atoms with Crippen LogP contribution in [-0.2, 0) is 9.59 Å². The average Bonchev–Trinajstić information content (AvgIpc) is 2.69. The zero-order chi connectivity index (χ0) is 16.3. The molecule has 0 radical (unpaired) electrons. The van der Waals surface area contributed by atoms with Gasteiger partial charge in [0.05, 0.1) is 0 Å². The Labute approximate surface area is 131 Å². The molecule has 1 heterocycles. The topological polar surface area (TPSA) is 73.0 Å². The maximum atomic E-state index is 12.8. The number of nitrogens with zero attached hydrogens (tertiary/aromatic N) is 3. The first-order valence-corrected chi connectivity index (χ1v) is 7.92. The minimum atomic E-state index is -0.709. The molecule has 0 bridgehead atoms. The molecule has 0 aromatic carbocycles. The number of carbonyl (C=O) groups excluding carboxylic acids is 3. The number of nitrogens with one attached hydrogen (secondary N) is 1. The summed E-state index contributed by atoms with van der Waals surface area (Å²) in [5.74, 6) is -0.409. The molecule has 1 spiro atoms. The van der Waals surface area contributed by atoms with E-state index in [1.807, 2.05) is 7.05 Å². The van der Waals surface area contributed by atoms with Crippen molar-refractivity contribution in [3.8, 4) is 0 Å². The Morgan fingerprint density at radius 2 is 1.91 bits per heavy atom. The van der Waals surface area contributed by atoms with Gasteiger partial charge in [-0.05, 0) is 19.9 Å². The second kappa shape index (κ2) is 6.64. The monoisotopic (exact) mass is 310 g/mol. The number of hydrogen-bond donors (Lipinski definition) is 1. The van der Waals surface area contributed by atoms with E-state index in [1.54, 1.807) is 23.9 Å². The van der Waals surface area contributed by atoms with E-state index >= 15 is 0 Å². The average molecular weight is 310 g/mol. The first kappa shape index (κ1) is 16.7. The van der Waals surface area contributed by atoms with Crippen LogP contribution in [0.25, 0.3) is 0 Å². The Morgan fingerprint density at radius 1 is 1.27 bits per heavy atom. The highest BCUT2D eigenvalue weighted by Crippen LogP contribution is 2.39. The predicted molar refractivity (Wildman–Crippen MR) is 82.3 cm³/mol. The van der Waals surface area contributed by atoms with Gasteiger partial charge < -0.3 is 15.1 Å². The summed E-state index contributed by atoms with van der Waals surface area (Å²) in [5.41, 5.74) is -0.709. The van der Waals surface area contributed by atoms with Gasteiger partial charge in [0.1, 0.15) is 12.1 Å². The summed E-state index contributed by atoms with van der Waals surface area (Å²) in [7, 11) is 5.18. The molecule has 4 amide bonds. The van der Waals surface area contributed by atoms with Gasteiger partial charge in [0.15, 0.2) is 0 Å². The van der Waals surface area contributed by atoms with E-state index in [1.165, 1.54) is 0 Å². The largest absolute Gasteiger partial charge is 0.343 e. The third kappa shape index (κ3) is 2.82. The highest BCUT2D eigenvalue weighted by Gasteiger charge is 2.55. The molecule has 124 valence electrons. The highest BCUT2D eigenvalue weighted by atomic mass is 16.2. The van der Waals surface area contributed by atoms with Crippen molar-refractivity contribution in [2.24, 2.45) is 0 Å². The fraction of sp³-hybridized carbons (Fsp3) is 0.800. The Morgan fingerprint density at radius 3 is 2.50 bits per heavy atom. The number of carbonyl (C=O) groups is 3. The molecule has 1 saturated heterocycles. The lowest BCUT2D eigenvalue weighted by atomic mass is 9.81. The van der Waals surface area contributed by atoms with E-state index in [9.17, 15) is 14.4 Å². The molecule has 7 heteroatoms. The summed E-state index contributed by atoms with van der Waals surface area (Å²) >= 11 is 0. The molecule has 1 N–H and O–H groups in total. The molecule has 1 saturated carbocycles. The van der Waals surface area contributed by atoms with Crippen molar-refractivity contribution in [1.82, 2.24) is 20.0 Å². The van der Waals surface area contributed by atoms with Gasteiger partial charge in [-0.2, -0.15) is 0 Å². The van der Waals surface area contributed by atoms with E-state index < -0.39 is 5.54 Å². The predicted octanol–water partition coefficient (Wildman–Crippen LogP) is 0.261. The van der Waals surface area contributed by atoms with Gasteiger partial charge in [-0.25, -0.2) is 4.79 Å². The van der Waals surface area contributed by atoms with E-state index in [0.29, 0.717) is 25.9 Å². The zero-order valence-electron chi connectivity index (χ0n) is 13.7. The smallest absolute Gasteiger partial charge is 0.327 e. The van der Waals surface area contributed by atoms with Gasteiger partial charge >= 0.3 is 6.03 Å². The Kier molecular flexibility index (Phi) is 5.05. The zero-order valence-corrected chi connectivity index (χ0v) is 13.7. The molecule has 2 rings (SSSR count). The Balaban J connectivity index is 2.07. The summed E-state index contributed by atoms with van der Waals surface area (Å²) < 4.78 is 0. The van der Waals surface area contributed by atoms with Gasteiger partial charge in [-0.1, -0.05) is 19.3 Å². The van der Waals surface area contributed by atoms with Gasteiger partial charge in [0, 0.05) is 27.2 Å². The van der Waals surface area contributed by atoms with Crippen LogP contribution >= 0.6 is 0 Å². The van der Waals surface area contributed by atoms with Crippen LogP contribution in [0.3, 0.4) is 0 Å². The van der Waals surface area contributed by atoms with Crippen LogP contribution in [-0.4, -0.2) is 78.9 Å². The fourth-order valence-corrected chi connectivity index (χ4v) is 3.33. The van der Waals surface area contributed by atoms with Crippen LogP contribution in [0.5, 0.6) is 0 Å². The number of amides is 4. The van der Waals surface area contributed by atoms with E-state index in [0.717, 1.165) is 24.2 Å². The van der Waals surface area contributed by atoms with Crippen molar-refractivity contribution in [1.29, 1.82) is 0 Å². The number of imide groups is 1. The molecular formula is C15H26N4O3. The number of likely N-dealkylation sites (N-methyl/N-ethyl adjacent to an activating group) is 3. The summed E-state index contributed by atoms with van der Waals surface area (Å²) in [5, 5.41) is 2.97. The molecule has 1 aliphatic heterocycles. The highest BCUT2D eigenvalue weighted by molar-refractivity contribution is 6.08. The maximum absolute atomic E-state index is 12.8. The van der Waals surface area contributed by atoms with Gasteiger partial charge in [0.2, 0.25) is 5.91 Å². The van der Waals surface area contributed by atoms with Crippen molar-refractivity contribution in [2.75, 3.05) is 40.8 Å². The van der Waals surface area contributed by atoms with E-state index in [-0.39, 0.29) is 24.4 Å². The van der Waals surface area contributed by atoms with Crippen LogP contribution < -0.4 is 5.32 Å². The number of urea groups is 1. The van der Waals surface area contributed by atoms with Crippen LogP contribution in [0.4, 0.5) is 4.79 Å². The fourth-order valence-electron chi connectivity index (χ4n) is 3.33. The number of hydrogen-bond acceptors (Lipinski definition) is 4. The molecule has 2 aliphatic rings. The minimum Gasteiger partial charge on any atom is -0.343 e. The van der Waals surface area contributed by atoms with Crippen molar-refractivity contribution in [3.63, 3.8) is 0 Å². The normalized spacial score (nSPS) is 20.9. The molecule has 0 atom stereocenters. The van der Waals surface area contributed by atoms with Crippen molar-refractivity contribution in [3.05, 3.63) is 0 Å². The van der Waals surface area contributed by atoms with Crippen molar-refractivity contribution in [2.45, 2.75) is 37.6 Å². The SMILES string of the molecule is CNCCN(C)C(=O)CN1C(=O)N(C)C2(CCCCC2)C1=O. The maximum Gasteiger partial charge on any atom is 0.327 e. The van der Waals surface area contributed by atoms with Crippen LogP contribution in [0, 0.1) is 0 Å². The Bertz CT molecular complexity index is 460. The molecule has 0 unspecified atom stereocenters. The number of rotatable bonds is 5. The minimum absolute atomic E-state index is 0.163. The summed E-state index contributed by atoms with van der Waals surface area (Å²) in [6, 6.07) is -0.345. The van der Waals surface area contributed by atoms with Crippen LogP contribution in [0.1, 0.15) is 32.1 Å². The molecule has 0 aromatic rings. The molecule has 1 aliphatic carbocycles. The third-order valence-corrected chi connectivity index (χ3v) is 4.90. The summed E-state index contributed by atoms with van der Waals surface area (Å²) in [6.45, 7) is 1.06. The van der Waals surface area contributed by atoms with Crippen LogP contribution in [0.2, 0.25) is 0 Å². The molecule has 0 aromatic heterocycles. The molecule has 2 fully saturated rings. The molecule has 22 heavy (non-hydrogen) atoms. The van der Waals surface area contributed by atoms with Gasteiger partial charge in [-0.15, -0.1) is 0 Å². The molecule has 7 nitrogen and oxygen atoms in total. The quantitative estimate of drug-likeness (QED) is 0.739. The lowest BCUT2D eigenvalue weighted by Gasteiger charge is -2.35. The lowest BCUT2D eigenvalue weighted by Crippen LogP contribution is -2.49. The second-order valence-electron chi connectivity index (χ2n) is 6.24. The van der Waals surface area contributed by atoms with Gasteiger partial charge in [-0.3, -0.25) is 14.5 Å². The van der Waals surface area contributed by atoms with Crippen molar-refractivity contribution < 1.29 is 14.4 Å². The second-order valence-corrected chi connectivity index (χ2v) is 6.24. The van der Waals surface area contributed by atoms with Crippen LogP contribution in [0.15, 0.2) is 0 Å². The molecular weight excluding hydrogens is 284 g/mol. The lowest BCUT2D eigenvalue weighted by molar-refractivity contribution is -0.139.